The summed E-state index contributed by atoms with van der Waals surface area (Å²) < 4.78 is 33.1. The van der Waals surface area contributed by atoms with E-state index in [9.17, 15) is 13.9 Å². The van der Waals surface area contributed by atoms with Crippen LogP contribution in [0.4, 0.5) is 8.78 Å². The summed E-state index contributed by atoms with van der Waals surface area (Å²) >= 11 is 0. The number of fused-ring (bicyclic) bond motifs is 1. The fourth-order valence-corrected chi connectivity index (χ4v) is 2.37. The highest BCUT2D eigenvalue weighted by molar-refractivity contribution is 5.99. The number of hydrogen-bond donors (Lipinski definition) is 1. The van der Waals surface area contributed by atoms with E-state index in [0.717, 1.165) is 0 Å². The maximum absolute atomic E-state index is 14.2. The molecular weight excluding hydrogens is 288 g/mol. The number of aromatic nitrogens is 1. The average Bonchev–Trinajstić information content (AvgIpc) is 2.51. The Morgan fingerprint density at radius 2 is 1.95 bits per heavy atom. The largest absolute Gasteiger partial charge is 0.505 e. The molecule has 3 nitrogen and oxygen atoms in total. The number of phenolic OH excluding ortho intramolecular Hbond substituents is 1. The molecular formula is C17H13F2NO2. The first kappa shape index (κ1) is 14.3. The van der Waals surface area contributed by atoms with Crippen LogP contribution in [0.25, 0.3) is 21.9 Å². The predicted molar refractivity (Wildman–Crippen MR) is 79.9 cm³/mol. The first-order chi connectivity index (χ1) is 10.6. The molecule has 0 saturated carbocycles. The highest BCUT2D eigenvalue weighted by Crippen LogP contribution is 2.35. The second-order valence-electron chi connectivity index (χ2n) is 4.74. The standard InChI is InChI=1S/C17H13F2NO2/c1-2-22-17-16-11(4-3-5-13(16)18)12(9-20-17)10-6-7-15(21)14(19)8-10/h3-9,21H,2H2,1H3. The Bertz CT molecular complexity index is 849. The Hall–Kier alpha value is -2.69. The minimum absolute atomic E-state index is 0.207. The van der Waals surface area contributed by atoms with Crippen LogP contribution in [0.3, 0.4) is 0 Å². The van der Waals surface area contributed by atoms with Gasteiger partial charge >= 0.3 is 0 Å². The molecule has 3 aromatic rings. The summed E-state index contributed by atoms with van der Waals surface area (Å²) in [6.45, 7) is 2.15. The molecule has 22 heavy (non-hydrogen) atoms. The number of halogens is 2. The third kappa shape index (κ3) is 2.35. The summed E-state index contributed by atoms with van der Waals surface area (Å²) in [5.74, 6) is -1.41. The molecule has 0 saturated heterocycles. The molecule has 5 heteroatoms. The van der Waals surface area contributed by atoms with Crippen LogP contribution in [0.5, 0.6) is 11.6 Å². The lowest BCUT2D eigenvalue weighted by atomic mass is 10.00. The molecule has 0 fully saturated rings. The Labute approximate surface area is 125 Å². The number of hydrogen-bond acceptors (Lipinski definition) is 3. The van der Waals surface area contributed by atoms with Gasteiger partial charge in [-0.25, -0.2) is 13.8 Å². The van der Waals surface area contributed by atoms with Crippen molar-refractivity contribution in [1.29, 1.82) is 0 Å². The number of phenols is 1. The van der Waals surface area contributed by atoms with Crippen molar-refractivity contribution >= 4 is 10.8 Å². The molecule has 1 N–H and O–H groups in total. The quantitative estimate of drug-likeness (QED) is 0.785. The highest BCUT2D eigenvalue weighted by atomic mass is 19.1. The first-order valence-electron chi connectivity index (χ1n) is 6.80. The van der Waals surface area contributed by atoms with Gasteiger partial charge in [0.1, 0.15) is 5.82 Å². The van der Waals surface area contributed by atoms with Gasteiger partial charge in [0, 0.05) is 11.8 Å². The van der Waals surface area contributed by atoms with Gasteiger partial charge in [0.2, 0.25) is 5.88 Å². The summed E-state index contributed by atoms with van der Waals surface area (Å²) in [4.78, 5) is 4.14. The maximum atomic E-state index is 14.2. The first-order valence-corrected chi connectivity index (χ1v) is 6.80. The molecule has 0 amide bonds. The smallest absolute Gasteiger partial charge is 0.224 e. The van der Waals surface area contributed by atoms with Crippen molar-refractivity contribution in [2.24, 2.45) is 0 Å². The summed E-state index contributed by atoms with van der Waals surface area (Å²) in [5.41, 5.74) is 1.07. The molecule has 3 rings (SSSR count). The van der Waals surface area contributed by atoms with Crippen molar-refractivity contribution in [2.45, 2.75) is 6.92 Å². The van der Waals surface area contributed by atoms with E-state index in [1.54, 1.807) is 25.1 Å². The zero-order chi connectivity index (χ0) is 15.7. The summed E-state index contributed by atoms with van der Waals surface area (Å²) in [6.07, 6.45) is 1.51. The lowest BCUT2D eigenvalue weighted by molar-refractivity contribution is 0.330. The Morgan fingerprint density at radius 3 is 2.68 bits per heavy atom. The predicted octanol–water partition coefficient (Wildman–Crippen LogP) is 4.28. The van der Waals surface area contributed by atoms with Crippen molar-refractivity contribution < 1.29 is 18.6 Å². The Morgan fingerprint density at radius 1 is 1.14 bits per heavy atom. The van der Waals surface area contributed by atoms with Crippen molar-refractivity contribution in [1.82, 2.24) is 4.98 Å². The van der Waals surface area contributed by atoms with E-state index in [1.807, 2.05) is 0 Å². The van der Waals surface area contributed by atoms with Crippen LogP contribution in [0.15, 0.2) is 42.6 Å². The molecule has 2 aromatic carbocycles. The Balaban J connectivity index is 2.29. The molecule has 112 valence electrons. The third-order valence-corrected chi connectivity index (χ3v) is 3.37. The average molecular weight is 301 g/mol. The van der Waals surface area contributed by atoms with E-state index in [0.29, 0.717) is 23.1 Å². The summed E-state index contributed by atoms with van der Waals surface area (Å²) in [7, 11) is 0. The van der Waals surface area contributed by atoms with Crippen LogP contribution in [0.1, 0.15) is 6.92 Å². The van der Waals surface area contributed by atoms with Gasteiger partial charge in [0.15, 0.2) is 11.6 Å². The minimum Gasteiger partial charge on any atom is -0.505 e. The van der Waals surface area contributed by atoms with Crippen LogP contribution in [0, 0.1) is 11.6 Å². The van der Waals surface area contributed by atoms with Gasteiger partial charge in [-0.15, -0.1) is 0 Å². The SMILES string of the molecule is CCOc1ncc(-c2ccc(O)c(F)c2)c2cccc(F)c12. The zero-order valence-corrected chi connectivity index (χ0v) is 11.8. The number of nitrogens with zero attached hydrogens (tertiary/aromatic N) is 1. The van der Waals surface area contributed by atoms with E-state index in [4.69, 9.17) is 4.74 Å². The highest BCUT2D eigenvalue weighted by Gasteiger charge is 2.14. The molecule has 1 aromatic heterocycles. The van der Waals surface area contributed by atoms with Crippen LogP contribution >= 0.6 is 0 Å². The van der Waals surface area contributed by atoms with E-state index in [-0.39, 0.29) is 11.3 Å². The lowest BCUT2D eigenvalue weighted by Gasteiger charge is -2.11. The van der Waals surface area contributed by atoms with Crippen molar-refractivity contribution in [3.63, 3.8) is 0 Å². The number of aromatic hydroxyl groups is 1. The van der Waals surface area contributed by atoms with Crippen LogP contribution in [-0.2, 0) is 0 Å². The molecule has 1 heterocycles. The van der Waals surface area contributed by atoms with Gasteiger partial charge < -0.3 is 9.84 Å². The van der Waals surface area contributed by atoms with Crippen molar-refractivity contribution in [3.8, 4) is 22.8 Å². The number of rotatable bonds is 3. The molecule has 0 aliphatic carbocycles. The fraction of sp³-hybridized carbons (Fsp3) is 0.118. The monoisotopic (exact) mass is 301 g/mol. The number of pyridine rings is 1. The van der Waals surface area contributed by atoms with E-state index >= 15 is 0 Å². The minimum atomic E-state index is -0.740. The molecule has 0 unspecified atom stereocenters. The summed E-state index contributed by atoms with van der Waals surface area (Å²) in [5, 5.41) is 10.1. The van der Waals surface area contributed by atoms with Crippen molar-refractivity contribution in [2.75, 3.05) is 6.61 Å². The van der Waals surface area contributed by atoms with E-state index in [2.05, 4.69) is 4.98 Å². The zero-order valence-electron chi connectivity index (χ0n) is 11.8. The molecule has 0 radical (unpaired) electrons. The van der Waals surface area contributed by atoms with Gasteiger partial charge in [0.05, 0.1) is 12.0 Å². The molecule has 0 aliphatic rings. The van der Waals surface area contributed by atoms with Crippen LogP contribution in [0.2, 0.25) is 0 Å². The fourth-order valence-electron chi connectivity index (χ4n) is 2.37. The number of ether oxygens (including phenoxy) is 1. The van der Waals surface area contributed by atoms with Crippen LogP contribution in [-0.4, -0.2) is 16.7 Å². The van der Waals surface area contributed by atoms with Gasteiger partial charge in [-0.3, -0.25) is 0 Å². The molecule has 0 atom stereocenters. The Kier molecular flexibility index (Phi) is 3.63. The topological polar surface area (TPSA) is 42.4 Å². The second-order valence-corrected chi connectivity index (χ2v) is 4.74. The second kappa shape index (κ2) is 5.60. The molecule has 0 bridgehead atoms. The lowest BCUT2D eigenvalue weighted by Crippen LogP contribution is -1.98. The van der Waals surface area contributed by atoms with Gasteiger partial charge in [-0.05, 0) is 36.1 Å². The third-order valence-electron chi connectivity index (χ3n) is 3.37. The van der Waals surface area contributed by atoms with Gasteiger partial charge in [0.25, 0.3) is 0 Å². The maximum Gasteiger partial charge on any atom is 0.224 e. The molecule has 0 spiro atoms. The summed E-state index contributed by atoms with van der Waals surface area (Å²) in [6, 6.07) is 8.63. The van der Waals surface area contributed by atoms with Crippen molar-refractivity contribution in [3.05, 3.63) is 54.2 Å². The van der Waals surface area contributed by atoms with E-state index in [1.165, 1.54) is 24.4 Å². The van der Waals surface area contributed by atoms with E-state index < -0.39 is 17.4 Å². The van der Waals surface area contributed by atoms with Gasteiger partial charge in [-0.2, -0.15) is 0 Å². The molecule has 0 aliphatic heterocycles. The number of benzene rings is 2. The van der Waals surface area contributed by atoms with Crippen LogP contribution < -0.4 is 4.74 Å². The van der Waals surface area contributed by atoms with Gasteiger partial charge in [-0.1, -0.05) is 18.2 Å². The normalized spacial score (nSPS) is 10.9.